The molecule has 1 saturated heterocycles. The van der Waals surface area contributed by atoms with E-state index < -0.39 is 11.7 Å². The molecule has 0 spiro atoms. The standard InChI is InChI=1S/C15H22O4/c1-6-11-12(10(2)9-16)7-8-18-13(11)19-14(17)15(3,4)5/h6,9,11-13H,1-2,7-8H2,3-5H3/t11-,12-,13+/m1/s1. The summed E-state index contributed by atoms with van der Waals surface area (Å²) < 4.78 is 10.9. The third kappa shape index (κ3) is 3.77. The van der Waals surface area contributed by atoms with E-state index in [1.165, 1.54) is 0 Å². The van der Waals surface area contributed by atoms with Crippen LogP contribution in [0.3, 0.4) is 0 Å². The predicted octanol–water partition coefficient (Wildman–Crippen LogP) is 2.50. The smallest absolute Gasteiger partial charge is 0.313 e. The monoisotopic (exact) mass is 266 g/mol. The van der Waals surface area contributed by atoms with E-state index in [1.807, 2.05) is 0 Å². The summed E-state index contributed by atoms with van der Waals surface area (Å²) in [6, 6.07) is 0. The number of carbonyl (C=O) groups is 2. The van der Waals surface area contributed by atoms with Crippen molar-refractivity contribution >= 4 is 12.3 Å². The van der Waals surface area contributed by atoms with Crippen molar-refractivity contribution in [3.05, 3.63) is 24.8 Å². The SMILES string of the molecule is C=C[C@H]1[C@H](OC(=O)C(C)(C)C)OCC[C@@H]1C(=C)C=O. The van der Waals surface area contributed by atoms with Gasteiger partial charge in [0.2, 0.25) is 6.29 Å². The summed E-state index contributed by atoms with van der Waals surface area (Å²) in [6.07, 6.45) is 2.39. The molecule has 4 nitrogen and oxygen atoms in total. The number of rotatable bonds is 4. The van der Waals surface area contributed by atoms with E-state index in [4.69, 9.17) is 9.47 Å². The molecule has 0 aromatic carbocycles. The minimum Gasteiger partial charge on any atom is -0.435 e. The van der Waals surface area contributed by atoms with E-state index in [-0.39, 0.29) is 17.8 Å². The largest absolute Gasteiger partial charge is 0.435 e. The van der Waals surface area contributed by atoms with E-state index in [0.717, 1.165) is 6.29 Å². The highest BCUT2D eigenvalue weighted by molar-refractivity contribution is 5.75. The van der Waals surface area contributed by atoms with Crippen LogP contribution in [-0.4, -0.2) is 25.2 Å². The van der Waals surface area contributed by atoms with Crippen molar-refractivity contribution in [3.8, 4) is 0 Å². The van der Waals surface area contributed by atoms with Gasteiger partial charge in [0.1, 0.15) is 6.29 Å². The molecule has 3 atom stereocenters. The highest BCUT2D eigenvalue weighted by Crippen LogP contribution is 2.33. The second-order valence-corrected chi connectivity index (χ2v) is 5.80. The first-order chi connectivity index (χ1) is 8.81. The summed E-state index contributed by atoms with van der Waals surface area (Å²) >= 11 is 0. The van der Waals surface area contributed by atoms with Crippen LogP contribution in [0.2, 0.25) is 0 Å². The molecule has 0 amide bonds. The van der Waals surface area contributed by atoms with Crippen molar-refractivity contribution in [1.82, 2.24) is 0 Å². The van der Waals surface area contributed by atoms with E-state index in [0.29, 0.717) is 18.6 Å². The normalized spacial score (nSPS) is 27.4. The van der Waals surface area contributed by atoms with Crippen molar-refractivity contribution in [1.29, 1.82) is 0 Å². The highest BCUT2D eigenvalue weighted by atomic mass is 16.7. The maximum Gasteiger partial charge on any atom is 0.313 e. The number of hydrogen-bond donors (Lipinski definition) is 0. The summed E-state index contributed by atoms with van der Waals surface area (Å²) in [5.74, 6) is -0.652. The van der Waals surface area contributed by atoms with Crippen LogP contribution >= 0.6 is 0 Å². The fraction of sp³-hybridized carbons (Fsp3) is 0.600. The van der Waals surface area contributed by atoms with Crippen LogP contribution in [0.15, 0.2) is 24.8 Å². The number of esters is 1. The van der Waals surface area contributed by atoms with Gasteiger partial charge in [0, 0.05) is 11.8 Å². The Morgan fingerprint density at radius 3 is 2.53 bits per heavy atom. The third-order valence-electron chi connectivity index (χ3n) is 3.23. The van der Waals surface area contributed by atoms with E-state index in [1.54, 1.807) is 26.8 Å². The lowest BCUT2D eigenvalue weighted by atomic mass is 9.82. The van der Waals surface area contributed by atoms with Gasteiger partial charge >= 0.3 is 5.97 Å². The molecule has 0 aromatic rings. The Morgan fingerprint density at radius 1 is 1.42 bits per heavy atom. The molecule has 1 aliphatic rings. The fourth-order valence-corrected chi connectivity index (χ4v) is 1.99. The van der Waals surface area contributed by atoms with Crippen LogP contribution in [0.5, 0.6) is 0 Å². The van der Waals surface area contributed by atoms with Gasteiger partial charge in [0.05, 0.1) is 12.0 Å². The summed E-state index contributed by atoms with van der Waals surface area (Å²) in [7, 11) is 0. The first kappa shape index (κ1) is 15.6. The Kier molecular flexibility index (Phi) is 5.06. The van der Waals surface area contributed by atoms with Gasteiger partial charge in [-0.1, -0.05) is 12.7 Å². The number of allylic oxidation sites excluding steroid dienone is 1. The van der Waals surface area contributed by atoms with Gasteiger partial charge in [-0.05, 0) is 32.8 Å². The van der Waals surface area contributed by atoms with Crippen molar-refractivity contribution in [2.75, 3.05) is 6.61 Å². The van der Waals surface area contributed by atoms with Crippen molar-refractivity contribution in [2.45, 2.75) is 33.5 Å². The Morgan fingerprint density at radius 2 is 2.05 bits per heavy atom. The van der Waals surface area contributed by atoms with Crippen LogP contribution in [0.1, 0.15) is 27.2 Å². The molecular weight excluding hydrogens is 244 g/mol. The zero-order valence-corrected chi connectivity index (χ0v) is 11.8. The lowest BCUT2D eigenvalue weighted by Crippen LogP contribution is -2.41. The van der Waals surface area contributed by atoms with Crippen molar-refractivity contribution in [2.24, 2.45) is 17.3 Å². The summed E-state index contributed by atoms with van der Waals surface area (Å²) in [5, 5.41) is 0. The average molecular weight is 266 g/mol. The summed E-state index contributed by atoms with van der Waals surface area (Å²) in [4.78, 5) is 22.8. The number of ether oxygens (including phenoxy) is 2. The number of hydrogen-bond acceptors (Lipinski definition) is 4. The van der Waals surface area contributed by atoms with Crippen LogP contribution in [0, 0.1) is 17.3 Å². The molecule has 19 heavy (non-hydrogen) atoms. The molecule has 0 N–H and O–H groups in total. The first-order valence-corrected chi connectivity index (χ1v) is 6.40. The Labute approximate surface area is 114 Å². The van der Waals surface area contributed by atoms with Crippen LogP contribution in [0.25, 0.3) is 0 Å². The molecule has 0 radical (unpaired) electrons. The summed E-state index contributed by atoms with van der Waals surface area (Å²) in [5.41, 5.74) is -0.103. The lowest BCUT2D eigenvalue weighted by molar-refractivity contribution is -0.209. The van der Waals surface area contributed by atoms with Gasteiger partial charge in [0.25, 0.3) is 0 Å². The zero-order valence-electron chi connectivity index (χ0n) is 11.8. The van der Waals surface area contributed by atoms with Gasteiger partial charge in [-0.25, -0.2) is 0 Å². The predicted molar refractivity (Wildman–Crippen MR) is 72.3 cm³/mol. The average Bonchev–Trinajstić information content (AvgIpc) is 2.36. The molecule has 0 unspecified atom stereocenters. The van der Waals surface area contributed by atoms with Gasteiger partial charge in [-0.15, -0.1) is 6.58 Å². The van der Waals surface area contributed by atoms with Crippen LogP contribution < -0.4 is 0 Å². The molecule has 1 fully saturated rings. The molecule has 1 heterocycles. The highest BCUT2D eigenvalue weighted by Gasteiger charge is 2.38. The number of aldehydes is 1. The molecule has 1 rings (SSSR count). The maximum absolute atomic E-state index is 11.9. The minimum atomic E-state index is -0.695. The van der Waals surface area contributed by atoms with Gasteiger partial charge in [-0.3, -0.25) is 9.59 Å². The Bertz CT molecular complexity index is 378. The topological polar surface area (TPSA) is 52.6 Å². The molecule has 106 valence electrons. The Hall–Kier alpha value is -1.42. The molecule has 0 aromatic heterocycles. The van der Waals surface area contributed by atoms with E-state index >= 15 is 0 Å². The van der Waals surface area contributed by atoms with Crippen molar-refractivity contribution < 1.29 is 19.1 Å². The van der Waals surface area contributed by atoms with Crippen molar-refractivity contribution in [3.63, 3.8) is 0 Å². The quantitative estimate of drug-likeness (QED) is 0.339. The van der Waals surface area contributed by atoms with Gasteiger partial charge in [0.15, 0.2) is 0 Å². The Balaban J connectivity index is 2.82. The van der Waals surface area contributed by atoms with Gasteiger partial charge in [-0.2, -0.15) is 0 Å². The number of carbonyl (C=O) groups excluding carboxylic acids is 2. The fourth-order valence-electron chi connectivity index (χ4n) is 1.99. The van der Waals surface area contributed by atoms with Gasteiger partial charge < -0.3 is 9.47 Å². The maximum atomic E-state index is 11.9. The lowest BCUT2D eigenvalue weighted by Gasteiger charge is -2.36. The van der Waals surface area contributed by atoms with Crippen LogP contribution in [-0.2, 0) is 19.1 Å². The second-order valence-electron chi connectivity index (χ2n) is 5.80. The summed E-state index contributed by atoms with van der Waals surface area (Å²) in [6.45, 7) is 13.3. The molecule has 1 aliphatic heterocycles. The minimum absolute atomic E-state index is 0.0819. The molecular formula is C15H22O4. The van der Waals surface area contributed by atoms with E-state index in [9.17, 15) is 9.59 Å². The van der Waals surface area contributed by atoms with E-state index in [2.05, 4.69) is 13.2 Å². The third-order valence-corrected chi connectivity index (χ3v) is 3.23. The molecule has 4 heteroatoms. The zero-order chi connectivity index (χ0) is 14.6. The first-order valence-electron chi connectivity index (χ1n) is 6.40. The molecule has 0 saturated carbocycles. The second kappa shape index (κ2) is 6.15. The van der Waals surface area contributed by atoms with Crippen LogP contribution in [0.4, 0.5) is 0 Å². The molecule has 0 aliphatic carbocycles. The molecule has 0 bridgehead atoms.